The lowest BCUT2D eigenvalue weighted by atomic mass is 10.1. The molecular formula is C16H33N. The van der Waals surface area contributed by atoms with Gasteiger partial charge in [0.2, 0.25) is 0 Å². The Kier molecular flexibility index (Phi) is 15.4. The first kappa shape index (κ1) is 16.7. The Morgan fingerprint density at radius 1 is 0.647 bits per heavy atom. The number of rotatable bonds is 13. The van der Waals surface area contributed by atoms with E-state index in [0.29, 0.717) is 0 Å². The summed E-state index contributed by atoms with van der Waals surface area (Å²) in [5.74, 6) is 0. The SMILES string of the molecule is CCCCCCC=CCCCCCCCCN. The minimum Gasteiger partial charge on any atom is -0.330 e. The molecule has 0 aliphatic rings. The van der Waals surface area contributed by atoms with Crippen LogP contribution in [0.15, 0.2) is 12.2 Å². The molecule has 0 heterocycles. The quantitative estimate of drug-likeness (QED) is 0.347. The van der Waals surface area contributed by atoms with Gasteiger partial charge in [-0.15, -0.1) is 0 Å². The topological polar surface area (TPSA) is 26.0 Å². The zero-order valence-electron chi connectivity index (χ0n) is 11.9. The first-order chi connectivity index (χ1) is 8.41. The van der Waals surface area contributed by atoms with Gasteiger partial charge in [0.15, 0.2) is 0 Å². The van der Waals surface area contributed by atoms with Crippen LogP contribution in [0.3, 0.4) is 0 Å². The molecule has 0 atom stereocenters. The van der Waals surface area contributed by atoms with E-state index in [1.165, 1.54) is 77.0 Å². The first-order valence-electron chi connectivity index (χ1n) is 7.77. The molecule has 0 amide bonds. The van der Waals surface area contributed by atoms with Crippen LogP contribution in [0.4, 0.5) is 0 Å². The number of allylic oxidation sites excluding steroid dienone is 2. The van der Waals surface area contributed by atoms with Gasteiger partial charge in [0.05, 0.1) is 0 Å². The van der Waals surface area contributed by atoms with Crippen LogP contribution < -0.4 is 5.73 Å². The lowest BCUT2D eigenvalue weighted by Crippen LogP contribution is -1.97. The number of nitrogens with two attached hydrogens (primary N) is 1. The average Bonchev–Trinajstić information content (AvgIpc) is 2.35. The third-order valence-electron chi connectivity index (χ3n) is 3.22. The number of unbranched alkanes of at least 4 members (excludes halogenated alkanes) is 10. The second kappa shape index (κ2) is 15.7. The minimum absolute atomic E-state index is 0.862. The Hall–Kier alpha value is -0.300. The zero-order valence-corrected chi connectivity index (χ0v) is 11.9. The molecule has 0 rings (SSSR count). The summed E-state index contributed by atoms with van der Waals surface area (Å²) in [5, 5.41) is 0. The first-order valence-corrected chi connectivity index (χ1v) is 7.77. The standard InChI is InChI=1S/C16H33N/c1-2-3-4-5-6-7-8-9-10-11-12-13-14-15-16-17/h7-8H,2-6,9-17H2,1H3. The van der Waals surface area contributed by atoms with Gasteiger partial charge in [0.1, 0.15) is 0 Å². The molecule has 0 fully saturated rings. The van der Waals surface area contributed by atoms with E-state index in [1.54, 1.807) is 0 Å². The van der Waals surface area contributed by atoms with E-state index < -0.39 is 0 Å². The monoisotopic (exact) mass is 239 g/mol. The van der Waals surface area contributed by atoms with E-state index in [0.717, 1.165) is 6.54 Å². The van der Waals surface area contributed by atoms with Crippen LogP contribution in [0.1, 0.15) is 84.0 Å². The van der Waals surface area contributed by atoms with Gasteiger partial charge in [-0.2, -0.15) is 0 Å². The second-order valence-corrected chi connectivity index (χ2v) is 5.02. The van der Waals surface area contributed by atoms with Crippen molar-refractivity contribution >= 4 is 0 Å². The van der Waals surface area contributed by atoms with Crippen LogP contribution in [0, 0.1) is 0 Å². The maximum absolute atomic E-state index is 5.46. The van der Waals surface area contributed by atoms with Crippen molar-refractivity contribution in [1.29, 1.82) is 0 Å². The Morgan fingerprint density at radius 3 is 1.65 bits per heavy atom. The third kappa shape index (κ3) is 15.7. The molecule has 0 aliphatic carbocycles. The molecule has 0 bridgehead atoms. The van der Waals surface area contributed by atoms with E-state index in [4.69, 9.17) is 5.73 Å². The molecule has 0 unspecified atom stereocenters. The predicted octanol–water partition coefficient (Wildman–Crippen LogP) is 5.20. The fraction of sp³-hybridized carbons (Fsp3) is 0.875. The smallest absolute Gasteiger partial charge is 0.00773 e. The van der Waals surface area contributed by atoms with Gasteiger partial charge in [0, 0.05) is 0 Å². The van der Waals surface area contributed by atoms with Crippen molar-refractivity contribution in [3.63, 3.8) is 0 Å². The lowest BCUT2D eigenvalue weighted by Gasteiger charge is -1.99. The van der Waals surface area contributed by atoms with Gasteiger partial charge in [-0.3, -0.25) is 0 Å². The fourth-order valence-electron chi connectivity index (χ4n) is 2.04. The van der Waals surface area contributed by atoms with Gasteiger partial charge in [-0.05, 0) is 38.6 Å². The van der Waals surface area contributed by atoms with E-state index in [1.807, 2.05) is 0 Å². The Bertz CT molecular complexity index is 152. The van der Waals surface area contributed by atoms with Crippen molar-refractivity contribution in [3.05, 3.63) is 12.2 Å². The van der Waals surface area contributed by atoms with Gasteiger partial charge in [-0.25, -0.2) is 0 Å². The summed E-state index contributed by atoms with van der Waals surface area (Å²) in [6, 6.07) is 0. The fourth-order valence-corrected chi connectivity index (χ4v) is 2.04. The molecule has 0 aliphatic heterocycles. The molecule has 0 spiro atoms. The van der Waals surface area contributed by atoms with Gasteiger partial charge in [-0.1, -0.05) is 64.0 Å². The van der Waals surface area contributed by atoms with Crippen LogP contribution in [0.5, 0.6) is 0 Å². The second-order valence-electron chi connectivity index (χ2n) is 5.02. The highest BCUT2D eigenvalue weighted by Gasteiger charge is 1.89. The number of hydrogen-bond acceptors (Lipinski definition) is 1. The summed E-state index contributed by atoms with van der Waals surface area (Å²) in [5.41, 5.74) is 5.46. The maximum atomic E-state index is 5.46. The minimum atomic E-state index is 0.862. The summed E-state index contributed by atoms with van der Waals surface area (Å²) < 4.78 is 0. The highest BCUT2D eigenvalue weighted by molar-refractivity contribution is 4.81. The lowest BCUT2D eigenvalue weighted by molar-refractivity contribution is 0.600. The summed E-state index contributed by atoms with van der Waals surface area (Å²) >= 11 is 0. The number of hydrogen-bond donors (Lipinski definition) is 1. The summed E-state index contributed by atoms with van der Waals surface area (Å²) in [6.07, 6.45) is 20.9. The normalized spacial score (nSPS) is 11.4. The van der Waals surface area contributed by atoms with Crippen LogP contribution in [-0.2, 0) is 0 Å². The molecular weight excluding hydrogens is 206 g/mol. The molecule has 0 aromatic heterocycles. The van der Waals surface area contributed by atoms with Crippen molar-refractivity contribution in [3.8, 4) is 0 Å². The Labute approximate surface area is 109 Å². The van der Waals surface area contributed by atoms with Gasteiger partial charge < -0.3 is 5.73 Å². The van der Waals surface area contributed by atoms with Crippen molar-refractivity contribution in [1.82, 2.24) is 0 Å². The average molecular weight is 239 g/mol. The molecule has 0 aromatic rings. The van der Waals surface area contributed by atoms with Crippen LogP contribution in [0.2, 0.25) is 0 Å². The van der Waals surface area contributed by atoms with Crippen LogP contribution in [0.25, 0.3) is 0 Å². The predicted molar refractivity (Wildman–Crippen MR) is 79.3 cm³/mol. The van der Waals surface area contributed by atoms with E-state index in [-0.39, 0.29) is 0 Å². The van der Waals surface area contributed by atoms with E-state index in [2.05, 4.69) is 19.1 Å². The maximum Gasteiger partial charge on any atom is -0.00773 e. The van der Waals surface area contributed by atoms with E-state index in [9.17, 15) is 0 Å². The molecule has 0 saturated heterocycles. The zero-order chi connectivity index (χ0) is 12.6. The Morgan fingerprint density at radius 2 is 1.12 bits per heavy atom. The van der Waals surface area contributed by atoms with Gasteiger partial charge in [0.25, 0.3) is 0 Å². The Balaban J connectivity index is 2.99. The third-order valence-corrected chi connectivity index (χ3v) is 3.22. The summed E-state index contributed by atoms with van der Waals surface area (Å²) in [7, 11) is 0. The molecule has 0 saturated carbocycles. The highest BCUT2D eigenvalue weighted by atomic mass is 14.5. The van der Waals surface area contributed by atoms with Crippen LogP contribution >= 0.6 is 0 Å². The van der Waals surface area contributed by atoms with Crippen molar-refractivity contribution in [2.24, 2.45) is 5.73 Å². The van der Waals surface area contributed by atoms with Gasteiger partial charge >= 0.3 is 0 Å². The van der Waals surface area contributed by atoms with Crippen molar-refractivity contribution < 1.29 is 0 Å². The van der Waals surface area contributed by atoms with E-state index >= 15 is 0 Å². The van der Waals surface area contributed by atoms with Crippen molar-refractivity contribution in [2.45, 2.75) is 84.0 Å². The molecule has 17 heavy (non-hydrogen) atoms. The molecule has 102 valence electrons. The van der Waals surface area contributed by atoms with Crippen LogP contribution in [-0.4, -0.2) is 6.54 Å². The molecule has 1 heteroatoms. The molecule has 0 radical (unpaired) electrons. The molecule has 2 N–H and O–H groups in total. The summed E-state index contributed by atoms with van der Waals surface area (Å²) in [6.45, 7) is 3.13. The molecule has 1 nitrogen and oxygen atoms in total. The summed E-state index contributed by atoms with van der Waals surface area (Å²) in [4.78, 5) is 0. The molecule has 0 aromatic carbocycles. The van der Waals surface area contributed by atoms with Crippen molar-refractivity contribution in [2.75, 3.05) is 6.54 Å². The largest absolute Gasteiger partial charge is 0.330 e. The highest BCUT2D eigenvalue weighted by Crippen LogP contribution is 2.08.